The highest BCUT2D eigenvalue weighted by atomic mass is 35.5. The van der Waals surface area contributed by atoms with Gasteiger partial charge in [0.25, 0.3) is 5.91 Å². The number of oxazole rings is 1. The Labute approximate surface area is 157 Å². The van der Waals surface area contributed by atoms with E-state index in [1.807, 2.05) is 49.4 Å². The molecule has 26 heavy (non-hydrogen) atoms. The molecule has 1 aromatic heterocycles. The molecule has 3 rings (SSSR count). The first-order valence-electron chi connectivity index (χ1n) is 8.48. The largest absolute Gasteiger partial charge is 0.439 e. The van der Waals surface area contributed by atoms with E-state index in [9.17, 15) is 4.79 Å². The van der Waals surface area contributed by atoms with E-state index < -0.39 is 0 Å². The van der Waals surface area contributed by atoms with Crippen molar-refractivity contribution in [2.75, 3.05) is 11.9 Å². The topological polar surface area (TPSA) is 67.2 Å². The molecule has 3 aromatic rings. The Balaban J connectivity index is 1.64. The minimum atomic E-state index is -0.0742. The van der Waals surface area contributed by atoms with Crippen molar-refractivity contribution < 1.29 is 9.21 Å². The molecule has 0 bridgehead atoms. The van der Waals surface area contributed by atoms with Crippen LogP contribution in [0.15, 0.2) is 59.1 Å². The van der Waals surface area contributed by atoms with Gasteiger partial charge in [0.1, 0.15) is 0 Å². The highest BCUT2D eigenvalue weighted by Crippen LogP contribution is 2.23. The second-order valence-corrected chi connectivity index (χ2v) is 6.26. The Bertz CT molecular complexity index is 892. The quantitative estimate of drug-likeness (QED) is 0.630. The lowest BCUT2D eigenvalue weighted by Crippen LogP contribution is -2.23. The van der Waals surface area contributed by atoms with Gasteiger partial charge in [-0.05, 0) is 36.8 Å². The van der Waals surface area contributed by atoms with Crippen molar-refractivity contribution in [3.05, 3.63) is 71.2 Å². The molecule has 0 saturated heterocycles. The lowest BCUT2D eigenvalue weighted by atomic mass is 10.2. The Hall–Kier alpha value is -2.79. The summed E-state index contributed by atoms with van der Waals surface area (Å²) in [4.78, 5) is 16.3. The predicted molar refractivity (Wildman–Crippen MR) is 103 cm³/mol. The van der Waals surface area contributed by atoms with Crippen molar-refractivity contribution in [2.24, 2.45) is 0 Å². The zero-order chi connectivity index (χ0) is 18.4. The summed E-state index contributed by atoms with van der Waals surface area (Å²) in [6.45, 7) is 3.10. The molecule has 0 unspecified atom stereocenters. The van der Waals surface area contributed by atoms with E-state index in [4.69, 9.17) is 16.0 Å². The highest BCUT2D eigenvalue weighted by Gasteiger charge is 2.08. The number of rotatable bonds is 7. The van der Waals surface area contributed by atoms with Gasteiger partial charge in [-0.3, -0.25) is 4.79 Å². The Morgan fingerprint density at radius 2 is 2.04 bits per heavy atom. The normalized spacial score (nSPS) is 10.5. The minimum Gasteiger partial charge on any atom is -0.439 e. The number of nitrogens with zero attached hydrogens (tertiary/aromatic N) is 1. The number of carbonyl (C=O) groups excluding carboxylic acids is 1. The zero-order valence-corrected chi connectivity index (χ0v) is 15.2. The van der Waals surface area contributed by atoms with Crippen LogP contribution in [0.1, 0.15) is 29.6 Å². The average Bonchev–Trinajstić information content (AvgIpc) is 3.14. The third-order valence-corrected chi connectivity index (χ3v) is 4.00. The van der Waals surface area contributed by atoms with Gasteiger partial charge in [0.2, 0.25) is 5.89 Å². The predicted octanol–water partition coefficient (Wildman–Crippen LogP) is 4.75. The van der Waals surface area contributed by atoms with E-state index in [-0.39, 0.29) is 5.91 Å². The molecule has 2 aromatic carbocycles. The van der Waals surface area contributed by atoms with Crippen LogP contribution < -0.4 is 10.6 Å². The summed E-state index contributed by atoms with van der Waals surface area (Å²) in [6, 6.07) is 14.8. The maximum atomic E-state index is 12.0. The van der Waals surface area contributed by atoms with Crippen LogP contribution in [0.2, 0.25) is 5.02 Å². The molecule has 0 aliphatic rings. The average molecular weight is 370 g/mol. The van der Waals surface area contributed by atoms with Crippen molar-refractivity contribution in [1.82, 2.24) is 10.3 Å². The Morgan fingerprint density at radius 1 is 1.19 bits per heavy atom. The van der Waals surface area contributed by atoms with Gasteiger partial charge in [0.15, 0.2) is 5.76 Å². The third kappa shape index (κ3) is 4.64. The standard InChI is InChI=1S/C20H20ClN3O2/c1-2-9-22-20(25)15-6-4-8-17(11-15)23-13-19-24-12-18(26-19)14-5-3-7-16(21)10-14/h3-8,10-12,23H,2,9,13H2,1H3,(H,22,25). The van der Waals surface area contributed by atoms with Crippen molar-refractivity contribution in [3.63, 3.8) is 0 Å². The molecule has 0 aliphatic heterocycles. The first-order valence-corrected chi connectivity index (χ1v) is 8.86. The maximum Gasteiger partial charge on any atom is 0.251 e. The number of aromatic nitrogens is 1. The molecule has 0 saturated carbocycles. The summed E-state index contributed by atoms with van der Waals surface area (Å²) in [5.74, 6) is 1.15. The summed E-state index contributed by atoms with van der Waals surface area (Å²) in [7, 11) is 0. The van der Waals surface area contributed by atoms with Gasteiger partial charge in [-0.15, -0.1) is 0 Å². The van der Waals surface area contributed by atoms with Crippen LogP contribution in [0.4, 0.5) is 5.69 Å². The molecule has 6 heteroatoms. The van der Waals surface area contributed by atoms with Gasteiger partial charge in [-0.1, -0.05) is 36.7 Å². The fourth-order valence-electron chi connectivity index (χ4n) is 2.46. The van der Waals surface area contributed by atoms with E-state index in [1.165, 1.54) is 0 Å². The number of anilines is 1. The Kier molecular flexibility index (Phi) is 5.92. The molecule has 0 fully saturated rings. The zero-order valence-electron chi connectivity index (χ0n) is 14.5. The maximum absolute atomic E-state index is 12.0. The summed E-state index contributed by atoms with van der Waals surface area (Å²) < 4.78 is 5.77. The van der Waals surface area contributed by atoms with E-state index in [0.717, 1.165) is 17.7 Å². The number of halogens is 1. The van der Waals surface area contributed by atoms with Crippen LogP contribution in [0.25, 0.3) is 11.3 Å². The summed E-state index contributed by atoms with van der Waals surface area (Å²) >= 11 is 6.01. The van der Waals surface area contributed by atoms with Crippen molar-refractivity contribution in [2.45, 2.75) is 19.9 Å². The summed E-state index contributed by atoms with van der Waals surface area (Å²) in [5, 5.41) is 6.74. The van der Waals surface area contributed by atoms with Crippen LogP contribution in [-0.2, 0) is 6.54 Å². The molecule has 0 radical (unpaired) electrons. The molecule has 2 N–H and O–H groups in total. The first kappa shape index (κ1) is 18.0. The molecule has 1 heterocycles. The second kappa shape index (κ2) is 8.54. The van der Waals surface area contributed by atoms with Crippen LogP contribution in [-0.4, -0.2) is 17.4 Å². The second-order valence-electron chi connectivity index (χ2n) is 5.82. The summed E-state index contributed by atoms with van der Waals surface area (Å²) in [5.41, 5.74) is 2.33. The Morgan fingerprint density at radius 3 is 2.85 bits per heavy atom. The lowest BCUT2D eigenvalue weighted by Gasteiger charge is -2.07. The molecule has 1 amide bonds. The van der Waals surface area contributed by atoms with Crippen LogP contribution >= 0.6 is 11.6 Å². The van der Waals surface area contributed by atoms with E-state index >= 15 is 0 Å². The smallest absolute Gasteiger partial charge is 0.251 e. The highest BCUT2D eigenvalue weighted by molar-refractivity contribution is 6.30. The van der Waals surface area contributed by atoms with Crippen LogP contribution in [0.5, 0.6) is 0 Å². The van der Waals surface area contributed by atoms with Crippen LogP contribution in [0, 0.1) is 0 Å². The van der Waals surface area contributed by atoms with Crippen molar-refractivity contribution in [3.8, 4) is 11.3 Å². The number of amides is 1. The molecular formula is C20H20ClN3O2. The van der Waals surface area contributed by atoms with Gasteiger partial charge in [0, 0.05) is 28.4 Å². The van der Waals surface area contributed by atoms with E-state index in [2.05, 4.69) is 15.6 Å². The van der Waals surface area contributed by atoms with Gasteiger partial charge < -0.3 is 15.1 Å². The van der Waals surface area contributed by atoms with Gasteiger partial charge >= 0.3 is 0 Å². The fourth-order valence-corrected chi connectivity index (χ4v) is 2.65. The fraction of sp³-hybridized carbons (Fsp3) is 0.200. The number of benzene rings is 2. The van der Waals surface area contributed by atoms with Gasteiger partial charge in [-0.2, -0.15) is 0 Å². The monoisotopic (exact) mass is 369 g/mol. The van der Waals surface area contributed by atoms with Gasteiger partial charge in [-0.25, -0.2) is 4.98 Å². The molecule has 134 valence electrons. The van der Waals surface area contributed by atoms with Crippen molar-refractivity contribution in [1.29, 1.82) is 0 Å². The lowest BCUT2D eigenvalue weighted by molar-refractivity contribution is 0.0953. The number of carbonyl (C=O) groups is 1. The first-order chi connectivity index (χ1) is 12.7. The van der Waals surface area contributed by atoms with Crippen molar-refractivity contribution >= 4 is 23.2 Å². The number of hydrogen-bond acceptors (Lipinski definition) is 4. The SMILES string of the molecule is CCCNC(=O)c1cccc(NCc2ncc(-c3cccc(Cl)c3)o2)c1. The summed E-state index contributed by atoms with van der Waals surface area (Å²) in [6.07, 6.45) is 2.58. The van der Waals surface area contributed by atoms with E-state index in [0.29, 0.717) is 35.3 Å². The third-order valence-electron chi connectivity index (χ3n) is 3.77. The van der Waals surface area contributed by atoms with E-state index in [1.54, 1.807) is 12.3 Å². The molecule has 0 aliphatic carbocycles. The molecule has 0 spiro atoms. The minimum absolute atomic E-state index is 0.0742. The number of nitrogens with one attached hydrogen (secondary N) is 2. The van der Waals surface area contributed by atoms with Crippen LogP contribution in [0.3, 0.4) is 0 Å². The molecule has 0 atom stereocenters. The van der Waals surface area contributed by atoms with Gasteiger partial charge in [0.05, 0.1) is 12.7 Å². The number of hydrogen-bond donors (Lipinski definition) is 2. The molecule has 5 nitrogen and oxygen atoms in total. The molecular weight excluding hydrogens is 350 g/mol.